The van der Waals surface area contributed by atoms with Crippen molar-refractivity contribution in [2.75, 3.05) is 0 Å². The first-order valence-corrected chi connectivity index (χ1v) is 5.59. The van der Waals surface area contributed by atoms with Gasteiger partial charge in [0.1, 0.15) is 0 Å². The Labute approximate surface area is 97.3 Å². The zero-order valence-electron chi connectivity index (χ0n) is 7.93. The average Bonchev–Trinajstić information content (AvgIpc) is 2.13. The summed E-state index contributed by atoms with van der Waals surface area (Å²) in [6.45, 7) is 2.06. The SMILES string of the molecule is CCCC(N)=Nc1cccc(Cl)c1Br. The number of nitrogens with zero attached hydrogens (tertiary/aromatic N) is 1. The van der Waals surface area contributed by atoms with E-state index in [-0.39, 0.29) is 0 Å². The minimum Gasteiger partial charge on any atom is -0.387 e. The number of hydrogen-bond donors (Lipinski definition) is 1. The topological polar surface area (TPSA) is 38.4 Å². The zero-order chi connectivity index (χ0) is 10.6. The lowest BCUT2D eigenvalue weighted by molar-refractivity contribution is 0.983. The summed E-state index contributed by atoms with van der Waals surface area (Å²) in [5.74, 6) is 0.635. The molecule has 0 aromatic heterocycles. The molecule has 2 N–H and O–H groups in total. The summed E-state index contributed by atoms with van der Waals surface area (Å²) in [4.78, 5) is 4.27. The van der Waals surface area contributed by atoms with Gasteiger partial charge in [-0.05, 0) is 34.5 Å². The van der Waals surface area contributed by atoms with E-state index in [2.05, 4.69) is 27.8 Å². The quantitative estimate of drug-likeness (QED) is 0.659. The van der Waals surface area contributed by atoms with Crippen molar-refractivity contribution in [1.29, 1.82) is 0 Å². The fourth-order valence-electron chi connectivity index (χ4n) is 1.05. The van der Waals surface area contributed by atoms with Crippen molar-refractivity contribution in [2.24, 2.45) is 10.7 Å². The van der Waals surface area contributed by atoms with Crippen molar-refractivity contribution in [1.82, 2.24) is 0 Å². The van der Waals surface area contributed by atoms with Crippen LogP contribution in [0.4, 0.5) is 5.69 Å². The van der Waals surface area contributed by atoms with Crippen LogP contribution in [0.25, 0.3) is 0 Å². The van der Waals surface area contributed by atoms with Gasteiger partial charge in [-0.25, -0.2) is 4.99 Å². The second kappa shape index (κ2) is 5.37. The highest BCUT2D eigenvalue weighted by molar-refractivity contribution is 9.10. The minimum atomic E-state index is 0.635. The van der Waals surface area contributed by atoms with Gasteiger partial charge in [-0.1, -0.05) is 24.6 Å². The highest BCUT2D eigenvalue weighted by Crippen LogP contribution is 2.32. The molecule has 0 atom stereocenters. The molecule has 1 aromatic rings. The molecule has 0 aliphatic rings. The molecule has 14 heavy (non-hydrogen) atoms. The van der Waals surface area contributed by atoms with Crippen molar-refractivity contribution < 1.29 is 0 Å². The molecule has 0 saturated carbocycles. The molecule has 0 radical (unpaired) electrons. The average molecular weight is 276 g/mol. The first kappa shape index (κ1) is 11.5. The molecule has 0 amide bonds. The van der Waals surface area contributed by atoms with Crippen LogP contribution in [-0.2, 0) is 0 Å². The third kappa shape index (κ3) is 3.00. The highest BCUT2D eigenvalue weighted by Gasteiger charge is 2.02. The molecule has 0 aliphatic heterocycles. The zero-order valence-corrected chi connectivity index (χ0v) is 10.3. The molecule has 1 rings (SSSR count). The van der Waals surface area contributed by atoms with E-state index in [1.165, 1.54) is 0 Å². The molecule has 0 heterocycles. The fourth-order valence-corrected chi connectivity index (χ4v) is 1.57. The molecule has 0 spiro atoms. The molecule has 0 aliphatic carbocycles. The lowest BCUT2D eigenvalue weighted by atomic mass is 10.3. The Morgan fingerprint density at radius 1 is 1.57 bits per heavy atom. The molecule has 0 unspecified atom stereocenters. The van der Waals surface area contributed by atoms with Gasteiger partial charge < -0.3 is 5.73 Å². The second-order valence-corrected chi connectivity index (χ2v) is 4.13. The van der Waals surface area contributed by atoms with Gasteiger partial charge >= 0.3 is 0 Å². The Morgan fingerprint density at radius 3 is 2.93 bits per heavy atom. The fraction of sp³-hybridized carbons (Fsp3) is 0.300. The van der Waals surface area contributed by atoms with Gasteiger partial charge in [-0.3, -0.25) is 0 Å². The standard InChI is InChI=1S/C10H12BrClN2/c1-2-4-9(13)14-8-6-3-5-7(12)10(8)11/h3,5-6H,2,4H2,1H3,(H2,13,14). The Bertz CT molecular complexity index is 350. The van der Waals surface area contributed by atoms with Crippen LogP contribution >= 0.6 is 27.5 Å². The largest absolute Gasteiger partial charge is 0.387 e. The van der Waals surface area contributed by atoms with Crippen LogP contribution in [0, 0.1) is 0 Å². The first-order valence-electron chi connectivity index (χ1n) is 4.42. The molecular weight excluding hydrogens is 263 g/mol. The Kier molecular flexibility index (Phi) is 4.42. The van der Waals surface area contributed by atoms with Crippen LogP contribution in [0.2, 0.25) is 5.02 Å². The summed E-state index contributed by atoms with van der Waals surface area (Å²) in [6.07, 6.45) is 1.80. The van der Waals surface area contributed by atoms with Crippen molar-refractivity contribution in [2.45, 2.75) is 19.8 Å². The van der Waals surface area contributed by atoms with Gasteiger partial charge in [0.15, 0.2) is 0 Å². The number of aliphatic imine (C=N–C) groups is 1. The molecule has 2 nitrogen and oxygen atoms in total. The summed E-state index contributed by atoms with van der Waals surface area (Å²) >= 11 is 9.28. The lowest BCUT2D eigenvalue weighted by Crippen LogP contribution is -2.09. The van der Waals surface area contributed by atoms with Gasteiger partial charge in [-0.15, -0.1) is 0 Å². The molecule has 76 valence electrons. The first-order chi connectivity index (χ1) is 6.65. The normalized spacial score (nSPS) is 11.8. The third-order valence-corrected chi connectivity index (χ3v) is 3.08. The molecule has 0 bridgehead atoms. The lowest BCUT2D eigenvalue weighted by Gasteiger charge is -2.02. The third-order valence-electron chi connectivity index (χ3n) is 1.70. The number of nitrogens with two attached hydrogens (primary N) is 1. The molecule has 0 fully saturated rings. The van der Waals surface area contributed by atoms with Gasteiger partial charge in [0.25, 0.3) is 0 Å². The van der Waals surface area contributed by atoms with Crippen LogP contribution in [0.15, 0.2) is 27.7 Å². The predicted molar refractivity (Wildman–Crippen MR) is 65.3 cm³/mol. The van der Waals surface area contributed by atoms with E-state index in [1.807, 2.05) is 12.1 Å². The Balaban J connectivity index is 2.96. The van der Waals surface area contributed by atoms with Crippen LogP contribution in [0.5, 0.6) is 0 Å². The number of amidine groups is 1. The van der Waals surface area contributed by atoms with Crippen LogP contribution in [0.3, 0.4) is 0 Å². The van der Waals surface area contributed by atoms with Crippen molar-refractivity contribution in [3.63, 3.8) is 0 Å². The molecule has 4 heteroatoms. The van der Waals surface area contributed by atoms with Crippen molar-refractivity contribution in [3.05, 3.63) is 27.7 Å². The predicted octanol–water partition coefficient (Wildman–Crippen LogP) is 3.89. The smallest absolute Gasteiger partial charge is 0.0996 e. The van der Waals surface area contributed by atoms with E-state index < -0.39 is 0 Å². The van der Waals surface area contributed by atoms with Crippen LogP contribution in [0.1, 0.15) is 19.8 Å². The summed E-state index contributed by atoms with van der Waals surface area (Å²) in [5.41, 5.74) is 6.50. The highest BCUT2D eigenvalue weighted by atomic mass is 79.9. The summed E-state index contributed by atoms with van der Waals surface area (Å²) in [6, 6.07) is 5.53. The van der Waals surface area contributed by atoms with E-state index in [0.717, 1.165) is 23.0 Å². The van der Waals surface area contributed by atoms with Crippen LogP contribution in [-0.4, -0.2) is 5.84 Å². The monoisotopic (exact) mass is 274 g/mol. The number of rotatable bonds is 3. The van der Waals surface area contributed by atoms with E-state index in [0.29, 0.717) is 10.9 Å². The number of halogens is 2. The van der Waals surface area contributed by atoms with Crippen LogP contribution < -0.4 is 5.73 Å². The van der Waals surface area contributed by atoms with Gasteiger partial charge in [0.05, 0.1) is 21.0 Å². The van der Waals surface area contributed by atoms with E-state index in [9.17, 15) is 0 Å². The molecule has 0 saturated heterocycles. The molecule has 1 aromatic carbocycles. The summed E-state index contributed by atoms with van der Waals surface area (Å²) in [5, 5.41) is 0.649. The molecular formula is C10H12BrClN2. The maximum Gasteiger partial charge on any atom is 0.0996 e. The van der Waals surface area contributed by atoms with E-state index in [4.69, 9.17) is 17.3 Å². The van der Waals surface area contributed by atoms with Crippen molar-refractivity contribution in [3.8, 4) is 0 Å². The maximum absolute atomic E-state index is 5.92. The number of hydrogen-bond acceptors (Lipinski definition) is 1. The van der Waals surface area contributed by atoms with Gasteiger partial charge in [0, 0.05) is 6.42 Å². The van der Waals surface area contributed by atoms with Gasteiger partial charge in [0.2, 0.25) is 0 Å². The van der Waals surface area contributed by atoms with Gasteiger partial charge in [-0.2, -0.15) is 0 Å². The Morgan fingerprint density at radius 2 is 2.29 bits per heavy atom. The second-order valence-electron chi connectivity index (χ2n) is 2.93. The Hall–Kier alpha value is -0.540. The van der Waals surface area contributed by atoms with Crippen molar-refractivity contribution >= 4 is 39.1 Å². The van der Waals surface area contributed by atoms with E-state index >= 15 is 0 Å². The van der Waals surface area contributed by atoms with E-state index in [1.54, 1.807) is 6.07 Å². The number of benzene rings is 1. The maximum atomic E-state index is 5.92. The summed E-state index contributed by atoms with van der Waals surface area (Å²) < 4.78 is 0.792. The minimum absolute atomic E-state index is 0.635. The summed E-state index contributed by atoms with van der Waals surface area (Å²) in [7, 11) is 0.